The van der Waals surface area contributed by atoms with E-state index < -0.39 is 34.3 Å². The topological polar surface area (TPSA) is 96.0 Å². The van der Waals surface area contributed by atoms with Crippen LogP contribution in [-0.4, -0.2) is 50.9 Å². The smallest absolute Gasteiger partial charge is 0.264 e. The van der Waals surface area contributed by atoms with Gasteiger partial charge in [-0.3, -0.25) is 13.9 Å². The maximum absolute atomic E-state index is 14.6. The maximum atomic E-state index is 14.6. The van der Waals surface area contributed by atoms with Crippen LogP contribution in [0.2, 0.25) is 5.02 Å². The van der Waals surface area contributed by atoms with Gasteiger partial charge in [0.2, 0.25) is 11.8 Å². The number of carbonyl (C=O) groups excluding carboxylic acids is 2. The molecule has 0 spiro atoms. The lowest BCUT2D eigenvalue weighted by molar-refractivity contribution is -0.140. The molecular weight excluding hydrogens is 641 g/mol. The molecule has 1 N–H and O–H groups in total. The number of nitrogens with zero attached hydrogens (tertiary/aromatic N) is 2. The molecule has 8 nitrogen and oxygen atoms in total. The molecule has 4 aromatic carbocycles. The van der Waals surface area contributed by atoms with Gasteiger partial charge in [0.05, 0.1) is 22.7 Å². The van der Waals surface area contributed by atoms with Crippen molar-refractivity contribution < 1.29 is 27.1 Å². The van der Waals surface area contributed by atoms with Crippen molar-refractivity contribution in [2.75, 3.05) is 18.0 Å². The predicted molar refractivity (Wildman–Crippen MR) is 180 cm³/mol. The average Bonchev–Trinajstić information content (AvgIpc) is 3.60. The number of carbonyl (C=O) groups is 2. The van der Waals surface area contributed by atoms with Crippen LogP contribution in [0.5, 0.6) is 5.75 Å². The van der Waals surface area contributed by atoms with Gasteiger partial charge in [-0.15, -0.1) is 0 Å². The molecule has 0 aliphatic heterocycles. The molecule has 246 valence electrons. The molecule has 47 heavy (non-hydrogen) atoms. The van der Waals surface area contributed by atoms with Gasteiger partial charge in [-0.1, -0.05) is 85.1 Å². The highest BCUT2D eigenvalue weighted by Gasteiger charge is 2.35. The highest BCUT2D eigenvalue weighted by atomic mass is 35.5. The summed E-state index contributed by atoms with van der Waals surface area (Å²) in [4.78, 5) is 30.0. The Bertz CT molecular complexity index is 1790. The van der Waals surface area contributed by atoms with Gasteiger partial charge < -0.3 is 15.0 Å². The van der Waals surface area contributed by atoms with E-state index in [1.807, 2.05) is 36.4 Å². The molecule has 11 heteroatoms. The van der Waals surface area contributed by atoms with E-state index in [-0.39, 0.29) is 40.5 Å². The molecule has 1 fully saturated rings. The van der Waals surface area contributed by atoms with Crippen LogP contribution in [0.25, 0.3) is 0 Å². The van der Waals surface area contributed by atoms with Crippen LogP contribution in [0.4, 0.5) is 10.1 Å². The van der Waals surface area contributed by atoms with Crippen molar-refractivity contribution in [1.82, 2.24) is 10.2 Å². The van der Waals surface area contributed by atoms with Crippen LogP contribution in [-0.2, 0) is 32.6 Å². The predicted octanol–water partition coefficient (Wildman–Crippen LogP) is 6.38. The first-order valence-electron chi connectivity index (χ1n) is 15.5. The number of halogens is 2. The summed E-state index contributed by atoms with van der Waals surface area (Å²) in [6.45, 7) is -0.680. The molecule has 1 saturated carbocycles. The van der Waals surface area contributed by atoms with Gasteiger partial charge in [0, 0.05) is 19.0 Å². The summed E-state index contributed by atoms with van der Waals surface area (Å²) in [5.41, 5.74) is 1.53. The standard InChI is InChI=1S/C36H37ClFN3O5S/c1-46-30-16-10-13-27(21-30)24-40(34(22-26-11-4-2-5-12-26)36(43)39-28-14-8-9-15-28)35(42)25-41(29-19-20-33(38)32(37)23-29)47(44,45)31-17-6-3-7-18-31/h2-7,10-13,16-21,23,28,34H,8-9,14-15,22,24-25H2,1H3,(H,39,43)/t34-/m1/s1. The third-order valence-corrected chi connectivity index (χ3v) is 10.3. The maximum Gasteiger partial charge on any atom is 0.264 e. The van der Waals surface area contributed by atoms with E-state index in [0.717, 1.165) is 41.6 Å². The van der Waals surface area contributed by atoms with E-state index in [9.17, 15) is 22.4 Å². The number of benzene rings is 4. The van der Waals surface area contributed by atoms with E-state index in [0.29, 0.717) is 11.3 Å². The average molecular weight is 678 g/mol. The van der Waals surface area contributed by atoms with Crippen molar-refractivity contribution >= 4 is 39.1 Å². The third-order valence-electron chi connectivity index (χ3n) is 8.26. The van der Waals surface area contributed by atoms with Gasteiger partial charge in [-0.05, 0) is 66.4 Å². The van der Waals surface area contributed by atoms with Crippen LogP contribution in [0.3, 0.4) is 0 Å². The third kappa shape index (κ3) is 8.50. The number of sulfonamides is 1. The molecule has 0 radical (unpaired) electrons. The Balaban J connectivity index is 1.58. The second kappa shape index (κ2) is 15.5. The molecule has 0 saturated heterocycles. The molecule has 0 bridgehead atoms. The SMILES string of the molecule is COc1cccc(CN(C(=O)CN(c2ccc(F)c(Cl)c2)S(=O)(=O)c2ccccc2)[C@H](Cc2ccccc2)C(=O)NC2CCCC2)c1. The zero-order valence-electron chi connectivity index (χ0n) is 26.0. The van der Waals surface area contributed by atoms with Gasteiger partial charge in [-0.25, -0.2) is 12.8 Å². The van der Waals surface area contributed by atoms with E-state index in [1.165, 1.54) is 36.3 Å². The van der Waals surface area contributed by atoms with E-state index in [1.54, 1.807) is 36.4 Å². The van der Waals surface area contributed by atoms with Crippen molar-refractivity contribution in [3.63, 3.8) is 0 Å². The molecule has 2 amide bonds. The normalized spacial score (nSPS) is 13.9. The van der Waals surface area contributed by atoms with Gasteiger partial charge in [0.1, 0.15) is 24.2 Å². The second-order valence-corrected chi connectivity index (χ2v) is 13.8. The fraction of sp³-hybridized carbons (Fsp3) is 0.278. The molecule has 1 atom stereocenters. The Kier molecular flexibility index (Phi) is 11.2. The van der Waals surface area contributed by atoms with E-state index in [2.05, 4.69) is 5.32 Å². The zero-order chi connectivity index (χ0) is 33.4. The summed E-state index contributed by atoms with van der Waals surface area (Å²) in [6.07, 6.45) is 3.91. The minimum Gasteiger partial charge on any atom is -0.497 e. The Morgan fingerprint density at radius 3 is 2.23 bits per heavy atom. The number of methoxy groups -OCH3 is 1. The minimum absolute atomic E-state index is 0.00458. The number of hydrogen-bond acceptors (Lipinski definition) is 5. The number of amides is 2. The van der Waals surface area contributed by atoms with Gasteiger partial charge in [-0.2, -0.15) is 0 Å². The van der Waals surface area contributed by atoms with Crippen molar-refractivity contribution in [1.29, 1.82) is 0 Å². The van der Waals surface area contributed by atoms with Crippen LogP contribution < -0.4 is 14.4 Å². The summed E-state index contributed by atoms with van der Waals surface area (Å²) >= 11 is 6.10. The van der Waals surface area contributed by atoms with E-state index >= 15 is 0 Å². The van der Waals surface area contributed by atoms with Gasteiger partial charge in [0.25, 0.3) is 10.0 Å². The number of anilines is 1. The molecule has 0 unspecified atom stereocenters. The highest BCUT2D eigenvalue weighted by molar-refractivity contribution is 7.92. The number of nitrogens with one attached hydrogen (secondary N) is 1. The lowest BCUT2D eigenvalue weighted by Gasteiger charge is -2.34. The Hall–Kier alpha value is -4.41. The summed E-state index contributed by atoms with van der Waals surface area (Å²) < 4.78 is 48.7. The molecule has 4 aromatic rings. The number of ether oxygens (including phenoxy) is 1. The first-order chi connectivity index (χ1) is 22.7. The molecule has 0 heterocycles. The quantitative estimate of drug-likeness (QED) is 0.177. The van der Waals surface area contributed by atoms with Crippen molar-refractivity contribution in [2.24, 2.45) is 0 Å². The number of hydrogen-bond donors (Lipinski definition) is 1. The Morgan fingerprint density at radius 1 is 0.915 bits per heavy atom. The fourth-order valence-corrected chi connectivity index (χ4v) is 7.38. The first kappa shape index (κ1) is 33.9. The first-order valence-corrected chi connectivity index (χ1v) is 17.3. The van der Waals surface area contributed by atoms with Gasteiger partial charge in [0.15, 0.2) is 0 Å². The molecule has 1 aliphatic rings. The lowest BCUT2D eigenvalue weighted by atomic mass is 10.0. The summed E-state index contributed by atoms with van der Waals surface area (Å²) in [7, 11) is -2.80. The van der Waals surface area contributed by atoms with Crippen molar-refractivity contribution in [2.45, 2.75) is 55.6 Å². The molecular formula is C36H37ClFN3O5S. The largest absolute Gasteiger partial charge is 0.497 e. The number of rotatable bonds is 13. The molecule has 5 rings (SSSR count). The van der Waals surface area contributed by atoms with Crippen molar-refractivity contribution in [3.05, 3.63) is 125 Å². The Labute approximate surface area is 280 Å². The zero-order valence-corrected chi connectivity index (χ0v) is 27.6. The highest BCUT2D eigenvalue weighted by Crippen LogP contribution is 2.29. The summed E-state index contributed by atoms with van der Waals surface area (Å²) in [6, 6.07) is 26.7. The monoisotopic (exact) mass is 677 g/mol. The molecule has 1 aliphatic carbocycles. The second-order valence-electron chi connectivity index (χ2n) is 11.5. The van der Waals surface area contributed by atoms with Crippen LogP contribution >= 0.6 is 11.6 Å². The van der Waals surface area contributed by atoms with Gasteiger partial charge >= 0.3 is 0 Å². The fourth-order valence-electron chi connectivity index (χ4n) is 5.78. The van der Waals surface area contributed by atoms with E-state index in [4.69, 9.17) is 16.3 Å². The van der Waals surface area contributed by atoms with Crippen LogP contribution in [0, 0.1) is 5.82 Å². The molecule has 0 aromatic heterocycles. The minimum atomic E-state index is -4.34. The van der Waals surface area contributed by atoms with Crippen LogP contribution in [0.1, 0.15) is 36.8 Å². The lowest BCUT2D eigenvalue weighted by Crippen LogP contribution is -2.54. The summed E-state index contributed by atoms with van der Waals surface area (Å²) in [5, 5.41) is 2.85. The Morgan fingerprint density at radius 2 is 1.57 bits per heavy atom. The van der Waals surface area contributed by atoms with Crippen LogP contribution in [0.15, 0.2) is 108 Å². The van der Waals surface area contributed by atoms with Crippen molar-refractivity contribution in [3.8, 4) is 5.75 Å². The summed E-state index contributed by atoms with van der Waals surface area (Å²) in [5.74, 6) is -1.11.